The quantitative estimate of drug-likeness (QED) is 0.0282. The summed E-state index contributed by atoms with van der Waals surface area (Å²) in [5.74, 6) is -60.4. The molecule has 0 aliphatic carbocycles. The summed E-state index contributed by atoms with van der Waals surface area (Å²) in [5.41, 5.74) is -1.58. The first kappa shape index (κ1) is 60.4. The molecule has 2 atom stereocenters. The highest BCUT2D eigenvalue weighted by molar-refractivity contribution is 6.76. The second-order valence-corrected chi connectivity index (χ2v) is 21.1. The van der Waals surface area contributed by atoms with Crippen LogP contribution < -0.4 is 10.1 Å². The third-order valence-electron chi connectivity index (χ3n) is 10.7. The van der Waals surface area contributed by atoms with Gasteiger partial charge in [-0.2, -0.15) is 74.6 Å². The molecular formula is C42H46F19NO6Si. The van der Waals surface area contributed by atoms with Gasteiger partial charge in [0, 0.05) is 24.5 Å². The van der Waals surface area contributed by atoms with E-state index in [-0.39, 0.29) is 17.9 Å². The molecule has 27 heteroatoms. The monoisotopic (exact) mass is 1050 g/mol. The molecule has 0 aliphatic rings. The van der Waals surface area contributed by atoms with E-state index in [0.717, 1.165) is 12.1 Å². The molecule has 0 spiro atoms. The van der Waals surface area contributed by atoms with Crippen molar-refractivity contribution in [3.05, 3.63) is 83.5 Å². The van der Waals surface area contributed by atoms with Crippen LogP contribution >= 0.6 is 0 Å². The first-order valence-electron chi connectivity index (χ1n) is 20.3. The highest BCUT2D eigenvalue weighted by Crippen LogP contribution is 2.64. The van der Waals surface area contributed by atoms with Gasteiger partial charge >= 0.3 is 59.7 Å². The number of nitrogens with one attached hydrogen (secondary N) is 1. The number of benzene rings is 2. The maximum absolute atomic E-state index is 15.0. The second-order valence-electron chi connectivity index (χ2n) is 16.1. The van der Waals surface area contributed by atoms with Crippen LogP contribution in [-0.2, 0) is 18.7 Å². The van der Waals surface area contributed by atoms with Gasteiger partial charge in [0.25, 0.3) is 0 Å². The van der Waals surface area contributed by atoms with E-state index in [1.165, 1.54) is 64.1 Å². The lowest BCUT2D eigenvalue weighted by molar-refractivity contribution is -0.461. The van der Waals surface area contributed by atoms with Gasteiger partial charge in [-0.25, -0.2) is 18.4 Å². The molecule has 69 heavy (non-hydrogen) atoms. The Hall–Kier alpha value is -4.69. The lowest BCUT2D eigenvalue weighted by atomic mass is 9.88. The van der Waals surface area contributed by atoms with Crippen molar-refractivity contribution in [2.45, 2.75) is 126 Å². The number of rotatable bonds is 24. The number of halogens is 19. The fourth-order valence-electron chi connectivity index (χ4n) is 6.65. The number of carbonyl (C=O) groups is 2. The van der Waals surface area contributed by atoms with Crippen LogP contribution in [0.3, 0.4) is 0 Å². The minimum atomic E-state index is -8.72. The molecule has 0 saturated heterocycles. The van der Waals surface area contributed by atoms with E-state index in [1.54, 1.807) is 26.8 Å². The van der Waals surface area contributed by atoms with Crippen LogP contribution in [0.1, 0.15) is 66.6 Å². The van der Waals surface area contributed by atoms with Gasteiger partial charge in [-0.05, 0) is 66.4 Å². The number of anilines is 1. The van der Waals surface area contributed by atoms with E-state index in [4.69, 9.17) is 18.6 Å². The van der Waals surface area contributed by atoms with Crippen LogP contribution in [0.5, 0.6) is 5.75 Å². The van der Waals surface area contributed by atoms with Gasteiger partial charge < -0.3 is 18.6 Å². The van der Waals surface area contributed by atoms with Gasteiger partial charge in [-0.15, -0.1) is 0 Å². The highest BCUT2D eigenvalue weighted by atomic mass is 28.4. The summed E-state index contributed by atoms with van der Waals surface area (Å²) in [6.45, 7) is 8.95. The third kappa shape index (κ3) is 12.8. The maximum atomic E-state index is 15.0. The molecule has 1 N–H and O–H groups in total. The Morgan fingerprint density at radius 1 is 0.696 bits per heavy atom. The molecule has 1 amide bonds. The summed E-state index contributed by atoms with van der Waals surface area (Å²) in [6.07, 6.45) is -8.56. The Bertz CT molecular complexity index is 2100. The van der Waals surface area contributed by atoms with Crippen LogP contribution in [0, 0.1) is 17.6 Å². The number of alkyl halides is 17. The van der Waals surface area contributed by atoms with Crippen LogP contribution in [0.4, 0.5) is 93.9 Å². The molecule has 0 saturated carbocycles. The van der Waals surface area contributed by atoms with E-state index in [9.17, 15) is 84.2 Å². The van der Waals surface area contributed by atoms with Crippen molar-refractivity contribution < 1.29 is 112 Å². The Morgan fingerprint density at radius 3 is 1.68 bits per heavy atom. The van der Waals surface area contributed by atoms with Crippen LogP contribution in [-0.4, -0.2) is 87.8 Å². The van der Waals surface area contributed by atoms with E-state index in [2.05, 4.69) is 5.32 Å². The minimum absolute atomic E-state index is 0.0430. The first-order chi connectivity index (χ1) is 31.2. The third-order valence-corrected chi connectivity index (χ3v) is 16.4. The normalized spacial score (nSPS) is 15.2. The van der Waals surface area contributed by atoms with E-state index < -0.39 is 134 Å². The molecule has 0 unspecified atom stereocenters. The molecule has 0 radical (unpaired) electrons. The zero-order chi connectivity index (χ0) is 53.6. The molecule has 0 fully saturated rings. The fourth-order valence-corrected chi connectivity index (χ4v) is 11.1. The summed E-state index contributed by atoms with van der Waals surface area (Å²) in [4.78, 5) is 24.7. The molecule has 0 bridgehead atoms. The molecule has 392 valence electrons. The van der Waals surface area contributed by atoms with Gasteiger partial charge in [0.05, 0.1) is 18.9 Å². The predicted molar refractivity (Wildman–Crippen MR) is 212 cm³/mol. The van der Waals surface area contributed by atoms with Gasteiger partial charge in [-0.1, -0.05) is 58.9 Å². The molecular weight excluding hydrogens is 1000 g/mol. The van der Waals surface area contributed by atoms with Crippen LogP contribution in [0.2, 0.25) is 17.1 Å². The summed E-state index contributed by atoms with van der Waals surface area (Å²) in [7, 11) is -4.06. The topological polar surface area (TPSA) is 83.1 Å². The predicted octanol–water partition coefficient (Wildman–Crippen LogP) is 14.5. The smallest absolute Gasteiger partial charge is 0.460 e. The van der Waals surface area contributed by atoms with Crippen LogP contribution in [0.15, 0.2) is 66.3 Å². The summed E-state index contributed by atoms with van der Waals surface area (Å²) >= 11 is 0. The van der Waals surface area contributed by atoms with Crippen molar-refractivity contribution >= 4 is 26.1 Å². The highest BCUT2D eigenvalue weighted by Gasteiger charge is 2.95. The van der Waals surface area contributed by atoms with E-state index >= 15 is 8.78 Å². The second kappa shape index (κ2) is 22.2. The fraction of sp³-hybridized carbons (Fsp3) is 0.571. The molecule has 2 rings (SSSR count). The van der Waals surface area contributed by atoms with Gasteiger partial charge in [0.2, 0.25) is 0 Å². The van der Waals surface area contributed by atoms with Gasteiger partial charge in [-0.3, -0.25) is 5.32 Å². The zero-order valence-corrected chi connectivity index (χ0v) is 38.2. The van der Waals surface area contributed by atoms with E-state index in [0.29, 0.717) is 11.6 Å². The molecule has 0 heterocycles. The average Bonchev–Trinajstić information content (AvgIpc) is 3.22. The summed E-state index contributed by atoms with van der Waals surface area (Å²) in [5, 5.41) is 2.14. The number of hydrogen-bond donors (Lipinski definition) is 1. The van der Waals surface area contributed by atoms with Crippen molar-refractivity contribution in [1.82, 2.24) is 0 Å². The number of allylic oxidation sites excluding steroid dienone is 2. The first-order valence-corrected chi connectivity index (χ1v) is 22.5. The minimum Gasteiger partial charge on any atom is -0.491 e. The Morgan fingerprint density at radius 2 is 1.20 bits per heavy atom. The van der Waals surface area contributed by atoms with E-state index in [1.807, 2.05) is 0 Å². The number of carbonyl (C=O) groups excluding carboxylic acids is 2. The summed E-state index contributed by atoms with van der Waals surface area (Å²) in [6, 6.07) is 6.36. The lowest BCUT2D eigenvalue weighted by Crippen LogP contribution is -2.74. The standard InChI is InChI=1S/C42H46F19NO6Si/c1-8-65-32(63)21-25(6)9-10-26(7)33(68-34(64)62-31-16-13-28(43)22-30(31)44)27-11-14-29(15-12-27)66-18-19-67-69(23(2)3,24(4)5)20-17-35(45,46)36(47,48)37(49,50)38(51,52)39(53,54)40(55,56)41(57,58)42(59,60)61/h9-16,21-24,26,33H,8,17-20H2,1-7H3,(H,62,64)/b10-9+,25-21+/t26-,33-/m0/s1. The Labute approximate surface area is 383 Å². The lowest BCUT2D eigenvalue weighted by Gasteiger charge is -2.44. The zero-order valence-electron chi connectivity index (χ0n) is 37.2. The van der Waals surface area contributed by atoms with Crippen molar-refractivity contribution in [3.8, 4) is 5.75 Å². The molecule has 2 aromatic rings. The van der Waals surface area contributed by atoms with Gasteiger partial charge in [0.15, 0.2) is 8.32 Å². The van der Waals surface area contributed by atoms with Crippen molar-refractivity contribution in [2.24, 2.45) is 5.92 Å². The maximum Gasteiger partial charge on any atom is 0.460 e. The largest absolute Gasteiger partial charge is 0.491 e. The Kier molecular flexibility index (Phi) is 19.4. The van der Waals surface area contributed by atoms with Crippen LogP contribution in [0.25, 0.3) is 0 Å². The van der Waals surface area contributed by atoms with Crippen molar-refractivity contribution in [3.63, 3.8) is 0 Å². The SMILES string of the molecule is CCOC(=O)/C=C(C)/C=C/[C@H](C)[C@H](OC(=O)Nc1ccc(F)cc1F)c1ccc(OCCO[Si](CCC(F)(F)C(F)(F)C(F)(F)C(F)(F)C(F)(F)C(F)(F)C(F)(F)C(F)(F)F)(C(C)C)C(C)C)cc1. The number of hydrogen-bond acceptors (Lipinski definition) is 6. The molecule has 0 aliphatic heterocycles. The van der Waals surface area contributed by atoms with Gasteiger partial charge in [0.1, 0.15) is 30.1 Å². The number of esters is 1. The number of amides is 1. The molecule has 2 aromatic carbocycles. The van der Waals surface area contributed by atoms with Crippen molar-refractivity contribution in [2.75, 3.05) is 25.1 Å². The molecule has 0 aromatic heterocycles. The molecule has 7 nitrogen and oxygen atoms in total. The van der Waals surface area contributed by atoms with Crippen molar-refractivity contribution in [1.29, 1.82) is 0 Å². The number of ether oxygens (including phenoxy) is 3. The summed E-state index contributed by atoms with van der Waals surface area (Å²) < 4.78 is 286. The average molecular weight is 1050 g/mol. The Balaban J connectivity index is 2.34.